The zero-order valence-corrected chi connectivity index (χ0v) is 29.3. The third-order valence-electron chi connectivity index (χ3n) is 10.3. The Labute approximate surface area is 313 Å². The minimum atomic E-state index is 0.672. The van der Waals surface area contributed by atoms with Gasteiger partial charge in [0.2, 0.25) is 0 Å². The Morgan fingerprint density at radius 2 is 0.852 bits per heavy atom. The summed E-state index contributed by atoms with van der Waals surface area (Å²) in [4.78, 5) is 19.5. The summed E-state index contributed by atoms with van der Waals surface area (Å²) in [5, 5.41) is 5.77. The van der Waals surface area contributed by atoms with E-state index in [0.717, 1.165) is 66.7 Å². The highest BCUT2D eigenvalue weighted by atomic mass is 14.9. The number of hydrogen-bond acceptors (Lipinski definition) is 4. The average molecular weight is 689 g/mol. The van der Waals surface area contributed by atoms with E-state index in [0.29, 0.717) is 5.82 Å². The van der Waals surface area contributed by atoms with E-state index in [1.807, 2.05) is 24.5 Å². The third kappa shape index (κ3) is 5.67. The zero-order chi connectivity index (χ0) is 35.8. The first-order valence-corrected chi connectivity index (χ1v) is 18.1. The van der Waals surface area contributed by atoms with Crippen molar-refractivity contribution in [1.82, 2.24) is 19.9 Å². The minimum absolute atomic E-state index is 0.672. The van der Waals surface area contributed by atoms with E-state index in [1.54, 1.807) is 12.4 Å². The van der Waals surface area contributed by atoms with E-state index in [2.05, 4.69) is 168 Å². The monoisotopic (exact) mass is 688 g/mol. The highest BCUT2D eigenvalue weighted by Crippen LogP contribution is 2.42. The lowest BCUT2D eigenvalue weighted by Crippen LogP contribution is -1.98. The largest absolute Gasteiger partial charge is 0.264 e. The van der Waals surface area contributed by atoms with Crippen LogP contribution in [0.1, 0.15) is 0 Å². The van der Waals surface area contributed by atoms with Crippen LogP contribution in [0.4, 0.5) is 0 Å². The Balaban J connectivity index is 1.26. The summed E-state index contributed by atoms with van der Waals surface area (Å²) >= 11 is 0. The first-order chi connectivity index (χ1) is 26.8. The molecule has 0 bridgehead atoms. The van der Waals surface area contributed by atoms with Gasteiger partial charge in [-0.15, -0.1) is 0 Å². The van der Waals surface area contributed by atoms with E-state index in [1.165, 1.54) is 27.1 Å². The summed E-state index contributed by atoms with van der Waals surface area (Å²) in [5.41, 5.74) is 12.6. The van der Waals surface area contributed by atoms with Gasteiger partial charge in [-0.05, 0) is 84.8 Å². The van der Waals surface area contributed by atoms with Crippen molar-refractivity contribution < 1.29 is 0 Å². The van der Waals surface area contributed by atoms with Crippen LogP contribution < -0.4 is 0 Å². The molecule has 0 amide bonds. The summed E-state index contributed by atoms with van der Waals surface area (Å²) in [6, 6.07) is 60.1. The van der Waals surface area contributed by atoms with Crippen LogP contribution in [0.3, 0.4) is 0 Å². The second kappa shape index (κ2) is 13.4. The summed E-state index contributed by atoms with van der Waals surface area (Å²) in [6.45, 7) is 0. The quantitative estimate of drug-likeness (QED) is 0.174. The Hall–Kier alpha value is -7.30. The number of nitrogens with zero attached hydrogens (tertiary/aromatic N) is 4. The highest BCUT2D eigenvalue weighted by Gasteiger charge is 2.19. The molecule has 0 saturated heterocycles. The average Bonchev–Trinajstić information content (AvgIpc) is 3.26. The Morgan fingerprint density at radius 1 is 0.315 bits per heavy atom. The maximum absolute atomic E-state index is 5.45. The third-order valence-corrected chi connectivity index (χ3v) is 10.3. The van der Waals surface area contributed by atoms with Crippen molar-refractivity contribution in [3.8, 4) is 67.2 Å². The van der Waals surface area contributed by atoms with Crippen LogP contribution in [0.5, 0.6) is 0 Å². The normalized spacial score (nSPS) is 11.3. The molecular formula is C50H32N4. The van der Waals surface area contributed by atoms with Gasteiger partial charge in [0.15, 0.2) is 5.82 Å². The van der Waals surface area contributed by atoms with Crippen LogP contribution in [0.2, 0.25) is 0 Å². The van der Waals surface area contributed by atoms with E-state index < -0.39 is 0 Å². The predicted molar refractivity (Wildman–Crippen MR) is 223 cm³/mol. The highest BCUT2D eigenvalue weighted by molar-refractivity contribution is 6.10. The molecule has 0 radical (unpaired) electrons. The van der Waals surface area contributed by atoms with Crippen molar-refractivity contribution in [2.45, 2.75) is 0 Å². The molecule has 54 heavy (non-hydrogen) atoms. The van der Waals surface area contributed by atoms with Gasteiger partial charge in [-0.2, -0.15) is 0 Å². The number of benzene rings is 7. The molecule has 0 N–H and O–H groups in total. The number of hydrogen-bond donors (Lipinski definition) is 0. The van der Waals surface area contributed by atoms with Gasteiger partial charge in [0.1, 0.15) is 0 Å². The maximum Gasteiger partial charge on any atom is 0.160 e. The second-order valence-electron chi connectivity index (χ2n) is 13.5. The van der Waals surface area contributed by atoms with Gasteiger partial charge in [-0.25, -0.2) is 9.97 Å². The molecule has 0 spiro atoms. The van der Waals surface area contributed by atoms with Crippen LogP contribution in [0.15, 0.2) is 195 Å². The lowest BCUT2D eigenvalue weighted by atomic mass is 9.90. The second-order valence-corrected chi connectivity index (χ2v) is 13.5. The maximum atomic E-state index is 5.45. The number of rotatable bonds is 6. The van der Waals surface area contributed by atoms with Gasteiger partial charge in [0, 0.05) is 46.9 Å². The molecule has 10 aromatic rings. The first-order valence-electron chi connectivity index (χ1n) is 18.1. The SMILES string of the molecule is c1cncc(-c2ccc(-c3nc(-c4ccc(-c5cccnc5)cc4)c4cc(-c5cccc6ccccc56)cc(-c5cccc6ccccc56)c4n3)cc2)c1. The molecule has 252 valence electrons. The molecule has 4 heteroatoms. The van der Waals surface area contributed by atoms with E-state index in [9.17, 15) is 0 Å². The van der Waals surface area contributed by atoms with Crippen molar-refractivity contribution in [2.24, 2.45) is 0 Å². The van der Waals surface area contributed by atoms with Crippen LogP contribution in [0.25, 0.3) is 99.6 Å². The molecule has 4 nitrogen and oxygen atoms in total. The summed E-state index contributed by atoms with van der Waals surface area (Å²) in [5.74, 6) is 0.672. The van der Waals surface area contributed by atoms with Crippen molar-refractivity contribution in [3.05, 3.63) is 195 Å². The van der Waals surface area contributed by atoms with E-state index in [4.69, 9.17) is 9.97 Å². The first kappa shape index (κ1) is 31.4. The van der Waals surface area contributed by atoms with Gasteiger partial charge < -0.3 is 0 Å². The van der Waals surface area contributed by atoms with Crippen LogP contribution in [-0.2, 0) is 0 Å². The summed E-state index contributed by atoms with van der Waals surface area (Å²) in [6.07, 6.45) is 7.38. The molecular weight excluding hydrogens is 657 g/mol. The number of pyridine rings is 2. The number of fused-ring (bicyclic) bond motifs is 3. The molecule has 0 fully saturated rings. The van der Waals surface area contributed by atoms with E-state index in [-0.39, 0.29) is 0 Å². The van der Waals surface area contributed by atoms with Crippen LogP contribution >= 0.6 is 0 Å². The van der Waals surface area contributed by atoms with Crippen molar-refractivity contribution in [3.63, 3.8) is 0 Å². The molecule has 10 rings (SSSR count). The predicted octanol–water partition coefficient (Wildman–Crippen LogP) is 12.7. The Bertz CT molecular complexity index is 2950. The lowest BCUT2D eigenvalue weighted by Gasteiger charge is -2.17. The fourth-order valence-electron chi connectivity index (χ4n) is 7.58. The molecule has 3 aromatic heterocycles. The fraction of sp³-hybridized carbons (Fsp3) is 0. The Kier molecular flexibility index (Phi) is 7.77. The summed E-state index contributed by atoms with van der Waals surface area (Å²) < 4.78 is 0. The molecule has 3 heterocycles. The zero-order valence-electron chi connectivity index (χ0n) is 29.3. The van der Waals surface area contributed by atoms with Crippen LogP contribution in [-0.4, -0.2) is 19.9 Å². The van der Waals surface area contributed by atoms with Crippen LogP contribution in [0, 0.1) is 0 Å². The topological polar surface area (TPSA) is 51.6 Å². The van der Waals surface area contributed by atoms with E-state index >= 15 is 0 Å². The van der Waals surface area contributed by atoms with Gasteiger partial charge in [-0.1, -0.05) is 146 Å². The van der Waals surface area contributed by atoms with Crippen molar-refractivity contribution in [1.29, 1.82) is 0 Å². The van der Waals surface area contributed by atoms with Crippen molar-refractivity contribution in [2.75, 3.05) is 0 Å². The minimum Gasteiger partial charge on any atom is -0.264 e. The molecule has 0 aliphatic heterocycles. The molecule has 0 atom stereocenters. The van der Waals surface area contributed by atoms with Gasteiger partial charge in [0.25, 0.3) is 0 Å². The fourth-order valence-corrected chi connectivity index (χ4v) is 7.58. The van der Waals surface area contributed by atoms with Crippen molar-refractivity contribution >= 4 is 32.4 Å². The lowest BCUT2D eigenvalue weighted by molar-refractivity contribution is 1.23. The smallest absolute Gasteiger partial charge is 0.160 e. The molecule has 0 aliphatic rings. The Morgan fingerprint density at radius 3 is 1.46 bits per heavy atom. The molecule has 0 saturated carbocycles. The summed E-state index contributed by atoms with van der Waals surface area (Å²) in [7, 11) is 0. The molecule has 0 aliphatic carbocycles. The molecule has 7 aromatic carbocycles. The molecule has 0 unspecified atom stereocenters. The van der Waals surface area contributed by atoms with Gasteiger partial charge in [0.05, 0.1) is 11.2 Å². The van der Waals surface area contributed by atoms with Gasteiger partial charge in [-0.3, -0.25) is 9.97 Å². The van der Waals surface area contributed by atoms with Gasteiger partial charge >= 0.3 is 0 Å². The standard InChI is InChI=1S/C50H32N4/c1-3-15-42-35(9-1)11-5-17-44(42)41-29-46(45-18-6-12-36-10-2-4-16-43(36)45)49-47(30-41)48(37-23-19-33(20-24-37)39-13-7-27-51-31-39)53-50(54-49)38-25-21-34(22-26-38)40-14-8-28-52-32-40/h1-32H. The number of aromatic nitrogens is 4.